The highest BCUT2D eigenvalue weighted by molar-refractivity contribution is 7.92. The molecule has 0 fully saturated rings. The molecular formula is C25H29N5O3S. The number of aromatic nitrogens is 1. The maximum absolute atomic E-state index is 12.8. The molecule has 2 unspecified atom stereocenters. The van der Waals surface area contributed by atoms with Crippen molar-refractivity contribution in [3.05, 3.63) is 78.5 Å². The van der Waals surface area contributed by atoms with Gasteiger partial charge in [0.1, 0.15) is 16.3 Å². The van der Waals surface area contributed by atoms with E-state index in [-0.39, 0.29) is 17.5 Å². The summed E-state index contributed by atoms with van der Waals surface area (Å²) in [6, 6.07) is 16.5. The fraction of sp³-hybridized carbons (Fsp3) is 0.280. The standard InChI is InChI=1S/C25H29N5O3S/c1-18(27-13-12-25(31)11-10-24(26)29-17-25)14-19-6-8-21(9-7-19)30-34(32,33)22-15-20-4-2-3-5-23(20)28-16-22/h2-11,15-16,18,27,30-31H,12-14,17H2,1H3,(H2,26,29). The van der Waals surface area contributed by atoms with Crippen LogP contribution in [0.25, 0.3) is 10.9 Å². The van der Waals surface area contributed by atoms with Gasteiger partial charge in [-0.15, -0.1) is 0 Å². The van der Waals surface area contributed by atoms with Crippen LogP contribution in [0.2, 0.25) is 0 Å². The molecule has 0 radical (unpaired) electrons. The summed E-state index contributed by atoms with van der Waals surface area (Å²) in [5.41, 5.74) is 6.95. The minimum Gasteiger partial charge on any atom is -0.384 e. The van der Waals surface area contributed by atoms with Crippen LogP contribution in [0, 0.1) is 0 Å². The predicted octanol–water partition coefficient (Wildman–Crippen LogP) is 2.60. The number of nitrogens with one attached hydrogen (secondary N) is 2. The maximum Gasteiger partial charge on any atom is 0.263 e. The van der Waals surface area contributed by atoms with Gasteiger partial charge in [-0.3, -0.25) is 14.7 Å². The van der Waals surface area contributed by atoms with Gasteiger partial charge >= 0.3 is 0 Å². The van der Waals surface area contributed by atoms with E-state index in [1.54, 1.807) is 30.4 Å². The summed E-state index contributed by atoms with van der Waals surface area (Å²) in [7, 11) is -3.74. The van der Waals surface area contributed by atoms with Crippen molar-refractivity contribution in [1.82, 2.24) is 10.3 Å². The van der Waals surface area contributed by atoms with Crippen LogP contribution in [0.3, 0.4) is 0 Å². The lowest BCUT2D eigenvalue weighted by atomic mass is 9.97. The third-order valence-corrected chi connectivity index (χ3v) is 7.12. The van der Waals surface area contributed by atoms with Crippen LogP contribution in [0.4, 0.5) is 5.69 Å². The van der Waals surface area contributed by atoms with E-state index >= 15 is 0 Å². The van der Waals surface area contributed by atoms with Gasteiger partial charge in [0.05, 0.1) is 12.1 Å². The Morgan fingerprint density at radius 2 is 1.94 bits per heavy atom. The van der Waals surface area contributed by atoms with E-state index in [1.165, 1.54) is 6.20 Å². The van der Waals surface area contributed by atoms with Crippen LogP contribution in [0.15, 0.2) is 82.8 Å². The molecule has 0 spiro atoms. The zero-order chi connectivity index (χ0) is 24.2. The Labute approximate surface area is 199 Å². The first kappa shape index (κ1) is 23.9. The fourth-order valence-electron chi connectivity index (χ4n) is 3.82. The van der Waals surface area contributed by atoms with Crippen molar-refractivity contribution in [2.75, 3.05) is 17.8 Å². The number of aliphatic imine (C=N–C) groups is 1. The molecule has 0 aliphatic carbocycles. The number of anilines is 1. The number of nitrogens with two attached hydrogens (primary N) is 1. The van der Waals surface area contributed by atoms with Crippen molar-refractivity contribution >= 4 is 32.4 Å². The predicted molar refractivity (Wildman–Crippen MR) is 135 cm³/mol. The number of aliphatic hydroxyl groups is 1. The average molecular weight is 480 g/mol. The summed E-state index contributed by atoms with van der Waals surface area (Å²) in [6.45, 7) is 2.98. The molecule has 1 aromatic heterocycles. The Hall–Kier alpha value is -3.27. The van der Waals surface area contributed by atoms with Gasteiger partial charge in [0, 0.05) is 23.3 Å². The summed E-state index contributed by atoms with van der Waals surface area (Å²) in [6.07, 6.45) is 6.01. The number of fused-ring (bicyclic) bond motifs is 1. The number of hydrogen-bond donors (Lipinski definition) is 4. The highest BCUT2D eigenvalue weighted by Gasteiger charge is 2.25. The van der Waals surface area contributed by atoms with Gasteiger partial charge in [-0.1, -0.05) is 30.3 Å². The van der Waals surface area contributed by atoms with Gasteiger partial charge in [0.15, 0.2) is 0 Å². The first-order chi connectivity index (χ1) is 16.2. The quantitative estimate of drug-likeness (QED) is 0.373. The molecule has 2 heterocycles. The molecule has 0 saturated heterocycles. The zero-order valence-electron chi connectivity index (χ0n) is 19.0. The number of pyridine rings is 1. The summed E-state index contributed by atoms with van der Waals surface area (Å²) >= 11 is 0. The largest absolute Gasteiger partial charge is 0.384 e. The molecule has 178 valence electrons. The number of para-hydroxylation sites is 1. The first-order valence-corrected chi connectivity index (χ1v) is 12.6. The number of dihydropyridines is 1. The van der Waals surface area contributed by atoms with E-state index in [2.05, 4.69) is 26.9 Å². The molecule has 0 amide bonds. The molecule has 1 aliphatic heterocycles. The molecule has 9 heteroatoms. The van der Waals surface area contributed by atoms with E-state index < -0.39 is 15.6 Å². The van der Waals surface area contributed by atoms with E-state index in [0.29, 0.717) is 24.5 Å². The Kier molecular flexibility index (Phi) is 6.97. The molecule has 1 aliphatic rings. The van der Waals surface area contributed by atoms with Crippen molar-refractivity contribution in [3.8, 4) is 0 Å². The minimum atomic E-state index is -3.74. The highest BCUT2D eigenvalue weighted by atomic mass is 32.2. The smallest absolute Gasteiger partial charge is 0.263 e. The van der Waals surface area contributed by atoms with Gasteiger partial charge < -0.3 is 16.2 Å². The third-order valence-electron chi connectivity index (χ3n) is 5.77. The molecular weight excluding hydrogens is 450 g/mol. The van der Waals surface area contributed by atoms with Gasteiger partial charge in [-0.25, -0.2) is 8.42 Å². The molecule has 0 bridgehead atoms. The van der Waals surface area contributed by atoms with E-state index in [1.807, 2.05) is 36.4 Å². The Morgan fingerprint density at radius 3 is 2.68 bits per heavy atom. The molecule has 34 heavy (non-hydrogen) atoms. The number of benzene rings is 2. The molecule has 8 nitrogen and oxygen atoms in total. The van der Waals surface area contributed by atoms with Crippen LogP contribution < -0.4 is 15.8 Å². The normalized spacial score (nSPS) is 19.1. The van der Waals surface area contributed by atoms with Crippen LogP contribution in [-0.4, -0.2) is 49.1 Å². The van der Waals surface area contributed by atoms with Crippen molar-refractivity contribution in [2.24, 2.45) is 10.7 Å². The van der Waals surface area contributed by atoms with Crippen LogP contribution >= 0.6 is 0 Å². The van der Waals surface area contributed by atoms with Crippen LogP contribution in [0.5, 0.6) is 0 Å². The number of hydrogen-bond acceptors (Lipinski definition) is 7. The van der Waals surface area contributed by atoms with Crippen LogP contribution in [-0.2, 0) is 16.4 Å². The average Bonchev–Trinajstić information content (AvgIpc) is 2.82. The second-order valence-corrected chi connectivity index (χ2v) is 10.3. The number of sulfonamides is 1. The summed E-state index contributed by atoms with van der Waals surface area (Å²) in [4.78, 5) is 8.45. The second kappa shape index (κ2) is 9.92. The van der Waals surface area contributed by atoms with Crippen molar-refractivity contribution in [1.29, 1.82) is 0 Å². The summed E-state index contributed by atoms with van der Waals surface area (Å²) in [5.74, 6) is 0.436. The zero-order valence-corrected chi connectivity index (χ0v) is 19.8. The second-order valence-electron chi connectivity index (χ2n) is 8.65. The van der Waals surface area contributed by atoms with Crippen molar-refractivity contribution < 1.29 is 13.5 Å². The lowest BCUT2D eigenvalue weighted by Gasteiger charge is -2.26. The van der Waals surface area contributed by atoms with E-state index in [9.17, 15) is 13.5 Å². The Bertz CT molecular complexity index is 1320. The first-order valence-electron chi connectivity index (χ1n) is 11.1. The molecule has 2 atom stereocenters. The van der Waals surface area contributed by atoms with Gasteiger partial charge in [-0.05, 0) is 68.3 Å². The van der Waals surface area contributed by atoms with Crippen LogP contribution in [0.1, 0.15) is 18.9 Å². The Morgan fingerprint density at radius 1 is 1.18 bits per heavy atom. The fourth-order valence-corrected chi connectivity index (χ4v) is 4.86. The topological polar surface area (TPSA) is 130 Å². The molecule has 2 aromatic carbocycles. The maximum atomic E-state index is 12.8. The molecule has 3 aromatic rings. The third kappa shape index (κ3) is 5.99. The SMILES string of the molecule is CC(Cc1ccc(NS(=O)(=O)c2cnc3ccccc3c2)cc1)NCCC1(O)C=CC(N)=NC1. The molecule has 0 saturated carbocycles. The Balaban J connectivity index is 1.30. The summed E-state index contributed by atoms with van der Waals surface area (Å²) < 4.78 is 28.2. The van der Waals surface area contributed by atoms with E-state index in [0.717, 1.165) is 22.9 Å². The highest BCUT2D eigenvalue weighted by Crippen LogP contribution is 2.20. The number of nitrogens with zero attached hydrogens (tertiary/aromatic N) is 2. The number of amidine groups is 1. The monoisotopic (exact) mass is 479 g/mol. The van der Waals surface area contributed by atoms with Gasteiger partial charge in [-0.2, -0.15) is 0 Å². The molecule has 4 rings (SSSR count). The lowest BCUT2D eigenvalue weighted by molar-refractivity contribution is 0.0891. The number of rotatable bonds is 9. The minimum absolute atomic E-state index is 0.121. The van der Waals surface area contributed by atoms with Gasteiger partial charge in [0.2, 0.25) is 0 Å². The van der Waals surface area contributed by atoms with Crippen molar-refractivity contribution in [3.63, 3.8) is 0 Å². The van der Waals surface area contributed by atoms with E-state index in [4.69, 9.17) is 5.73 Å². The summed E-state index contributed by atoms with van der Waals surface area (Å²) in [5, 5.41) is 14.7. The lowest BCUT2D eigenvalue weighted by Crippen LogP contribution is -2.39. The van der Waals surface area contributed by atoms with Crippen molar-refractivity contribution in [2.45, 2.75) is 36.3 Å². The molecule has 5 N–H and O–H groups in total. The van der Waals surface area contributed by atoms with Gasteiger partial charge in [0.25, 0.3) is 10.0 Å².